The minimum Gasteiger partial charge on any atom is -0.480 e. The average Bonchev–Trinajstić information content (AvgIpc) is 3.38. The number of carbonyl (C=O) groups excluding carboxylic acids is 1. The molecule has 3 rings (SSSR count). The summed E-state index contributed by atoms with van der Waals surface area (Å²) in [6.07, 6.45) is 4.85. The second kappa shape index (κ2) is 11.1. The van der Waals surface area contributed by atoms with Crippen molar-refractivity contribution >= 4 is 34.8 Å². The summed E-state index contributed by atoms with van der Waals surface area (Å²) in [6, 6.07) is 8.50. The Bertz CT molecular complexity index is 1020. The number of carboxylic acids is 1. The zero-order valence-corrected chi connectivity index (χ0v) is 19.0. The molecule has 1 unspecified atom stereocenters. The van der Waals surface area contributed by atoms with Gasteiger partial charge in [0.25, 0.3) is 0 Å². The van der Waals surface area contributed by atoms with Crippen molar-refractivity contribution in [2.24, 2.45) is 0 Å². The normalized spacial score (nSPS) is 11.9. The quantitative estimate of drug-likeness (QED) is 0.446. The Morgan fingerprint density at radius 1 is 1.29 bits per heavy atom. The minimum absolute atomic E-state index is 0.0526. The monoisotopic (exact) mass is 459 g/mol. The third-order valence-corrected chi connectivity index (χ3v) is 6.16. The number of thiophene rings is 1. The van der Waals surface area contributed by atoms with Crippen LogP contribution >= 0.6 is 22.9 Å². The lowest BCUT2D eigenvalue weighted by molar-refractivity contribution is -0.141. The second-order valence-electron chi connectivity index (χ2n) is 7.42. The maximum absolute atomic E-state index is 12.7. The van der Waals surface area contributed by atoms with E-state index in [1.54, 1.807) is 6.20 Å². The maximum atomic E-state index is 12.7. The van der Waals surface area contributed by atoms with Crippen molar-refractivity contribution in [3.63, 3.8) is 0 Å². The van der Waals surface area contributed by atoms with E-state index in [4.69, 9.17) is 11.6 Å². The van der Waals surface area contributed by atoms with Gasteiger partial charge < -0.3 is 15.0 Å². The molecule has 1 amide bonds. The second-order valence-corrected chi connectivity index (χ2v) is 8.60. The Hall–Kier alpha value is -2.64. The topological polar surface area (TPSA) is 84.2 Å². The number of aromatic nitrogens is 2. The SMILES string of the molecule is CCCCc1ncc(CC(=O)NC(Cc2ccsc2)C(=O)O)n1Cc1ccccc1Cl. The van der Waals surface area contributed by atoms with Crippen molar-refractivity contribution in [2.75, 3.05) is 0 Å². The van der Waals surface area contributed by atoms with Crippen LogP contribution in [0.1, 0.15) is 42.4 Å². The molecule has 2 N–H and O–H groups in total. The molecule has 0 aliphatic carbocycles. The summed E-state index contributed by atoms with van der Waals surface area (Å²) < 4.78 is 2.02. The number of hydrogen-bond donors (Lipinski definition) is 2. The molecule has 2 heterocycles. The lowest BCUT2D eigenvalue weighted by Crippen LogP contribution is -2.43. The van der Waals surface area contributed by atoms with Gasteiger partial charge >= 0.3 is 5.97 Å². The average molecular weight is 460 g/mol. The Balaban J connectivity index is 1.76. The van der Waals surface area contributed by atoms with Gasteiger partial charge in [-0.25, -0.2) is 9.78 Å². The molecule has 1 atom stereocenters. The van der Waals surface area contributed by atoms with E-state index in [0.29, 0.717) is 11.6 Å². The molecular formula is C23H26ClN3O3S. The number of imidazole rings is 1. The van der Waals surface area contributed by atoms with Crippen LogP contribution in [0.2, 0.25) is 5.02 Å². The highest BCUT2D eigenvalue weighted by molar-refractivity contribution is 7.07. The first kappa shape index (κ1) is 23.0. The molecule has 3 aromatic rings. The van der Waals surface area contributed by atoms with Crippen molar-refractivity contribution in [1.82, 2.24) is 14.9 Å². The molecule has 0 saturated heterocycles. The van der Waals surface area contributed by atoms with Crippen LogP contribution in [0.15, 0.2) is 47.3 Å². The predicted octanol–water partition coefficient (Wildman–Crippen LogP) is 4.34. The van der Waals surface area contributed by atoms with Crippen molar-refractivity contribution < 1.29 is 14.7 Å². The first-order valence-electron chi connectivity index (χ1n) is 10.3. The van der Waals surface area contributed by atoms with E-state index < -0.39 is 12.0 Å². The van der Waals surface area contributed by atoms with Crippen LogP contribution in [-0.2, 0) is 35.4 Å². The third-order valence-electron chi connectivity index (χ3n) is 5.06. The highest BCUT2D eigenvalue weighted by Crippen LogP contribution is 2.19. The molecule has 0 spiro atoms. The van der Waals surface area contributed by atoms with Crippen LogP contribution in [0.5, 0.6) is 0 Å². The number of carbonyl (C=O) groups is 2. The number of aryl methyl sites for hydroxylation is 1. The van der Waals surface area contributed by atoms with Gasteiger partial charge in [0.1, 0.15) is 11.9 Å². The Morgan fingerprint density at radius 3 is 2.77 bits per heavy atom. The van der Waals surface area contributed by atoms with Crippen LogP contribution in [0, 0.1) is 0 Å². The van der Waals surface area contributed by atoms with Gasteiger partial charge in [0, 0.05) is 29.8 Å². The summed E-state index contributed by atoms with van der Waals surface area (Å²) >= 11 is 7.85. The Kier molecular flexibility index (Phi) is 8.26. The van der Waals surface area contributed by atoms with E-state index in [2.05, 4.69) is 17.2 Å². The van der Waals surface area contributed by atoms with E-state index in [1.165, 1.54) is 11.3 Å². The molecule has 31 heavy (non-hydrogen) atoms. The summed E-state index contributed by atoms with van der Waals surface area (Å²) in [4.78, 5) is 28.9. The third kappa shape index (κ3) is 6.42. The van der Waals surface area contributed by atoms with E-state index in [1.807, 2.05) is 45.7 Å². The van der Waals surface area contributed by atoms with E-state index in [-0.39, 0.29) is 18.7 Å². The summed E-state index contributed by atoms with van der Waals surface area (Å²) in [6.45, 7) is 2.63. The highest BCUT2D eigenvalue weighted by atomic mass is 35.5. The number of rotatable bonds is 11. The Labute approximate surface area is 190 Å². The summed E-state index contributed by atoms with van der Waals surface area (Å²) in [5, 5.41) is 16.6. The van der Waals surface area contributed by atoms with Crippen molar-refractivity contribution in [2.45, 2.75) is 51.6 Å². The first-order chi connectivity index (χ1) is 15.0. The van der Waals surface area contributed by atoms with Crippen LogP contribution in [0.25, 0.3) is 0 Å². The van der Waals surface area contributed by atoms with E-state index >= 15 is 0 Å². The van der Waals surface area contributed by atoms with E-state index in [0.717, 1.165) is 41.9 Å². The highest BCUT2D eigenvalue weighted by Gasteiger charge is 2.22. The largest absolute Gasteiger partial charge is 0.480 e. The Morgan fingerprint density at radius 2 is 2.10 bits per heavy atom. The summed E-state index contributed by atoms with van der Waals surface area (Å²) in [5.41, 5.74) is 2.58. The van der Waals surface area contributed by atoms with Gasteiger partial charge in [-0.05, 0) is 40.4 Å². The fourth-order valence-corrected chi connectivity index (χ4v) is 4.25. The number of halogens is 1. The van der Waals surface area contributed by atoms with Crippen molar-refractivity contribution in [3.8, 4) is 0 Å². The van der Waals surface area contributed by atoms with Crippen LogP contribution in [0.3, 0.4) is 0 Å². The molecule has 6 nitrogen and oxygen atoms in total. The van der Waals surface area contributed by atoms with Gasteiger partial charge in [-0.3, -0.25) is 4.79 Å². The van der Waals surface area contributed by atoms with Crippen molar-refractivity contribution in [1.29, 1.82) is 0 Å². The number of amides is 1. The number of nitrogens with zero attached hydrogens (tertiary/aromatic N) is 2. The number of unbranched alkanes of at least 4 members (excludes halogenated alkanes) is 1. The van der Waals surface area contributed by atoms with Crippen LogP contribution in [0.4, 0.5) is 0 Å². The zero-order valence-electron chi connectivity index (χ0n) is 17.4. The number of benzene rings is 1. The smallest absolute Gasteiger partial charge is 0.326 e. The fraction of sp³-hybridized carbons (Fsp3) is 0.348. The molecule has 0 radical (unpaired) electrons. The van der Waals surface area contributed by atoms with Gasteiger partial charge in [0.15, 0.2) is 0 Å². The summed E-state index contributed by atoms with van der Waals surface area (Å²) in [7, 11) is 0. The molecule has 2 aromatic heterocycles. The minimum atomic E-state index is -1.05. The zero-order chi connectivity index (χ0) is 22.2. The molecule has 1 aromatic carbocycles. The molecule has 0 bridgehead atoms. The molecule has 0 aliphatic heterocycles. The molecule has 0 aliphatic rings. The number of carboxylic acid groups (broad SMARTS) is 1. The standard InChI is InChI=1S/C23H26ClN3O3S/c1-2-3-8-21-25-13-18(27(21)14-17-6-4-5-7-19(17)24)12-22(28)26-20(23(29)30)11-16-9-10-31-15-16/h4-7,9-10,13,15,20H,2-3,8,11-12,14H2,1H3,(H,26,28)(H,29,30). The molecule has 0 fully saturated rings. The van der Waals surface area contributed by atoms with Gasteiger partial charge in [-0.1, -0.05) is 43.1 Å². The van der Waals surface area contributed by atoms with Gasteiger partial charge in [-0.2, -0.15) is 11.3 Å². The summed E-state index contributed by atoms with van der Waals surface area (Å²) in [5.74, 6) is -0.490. The van der Waals surface area contributed by atoms with E-state index in [9.17, 15) is 14.7 Å². The van der Waals surface area contributed by atoms with Crippen LogP contribution in [-0.4, -0.2) is 32.6 Å². The van der Waals surface area contributed by atoms with Gasteiger partial charge in [0.05, 0.1) is 13.0 Å². The lowest BCUT2D eigenvalue weighted by Gasteiger charge is -2.16. The fourth-order valence-electron chi connectivity index (χ4n) is 3.37. The molecule has 8 heteroatoms. The van der Waals surface area contributed by atoms with Crippen molar-refractivity contribution in [3.05, 3.63) is 75.0 Å². The molecular weight excluding hydrogens is 434 g/mol. The van der Waals surface area contributed by atoms with Crippen LogP contribution < -0.4 is 5.32 Å². The predicted molar refractivity (Wildman–Crippen MR) is 123 cm³/mol. The molecule has 0 saturated carbocycles. The van der Waals surface area contributed by atoms with Gasteiger partial charge in [0.2, 0.25) is 5.91 Å². The number of nitrogens with one attached hydrogen (secondary N) is 1. The number of aliphatic carboxylic acids is 1. The lowest BCUT2D eigenvalue weighted by atomic mass is 10.1. The maximum Gasteiger partial charge on any atom is 0.326 e. The molecule has 164 valence electrons. The van der Waals surface area contributed by atoms with Gasteiger partial charge in [-0.15, -0.1) is 0 Å². The number of hydrogen-bond acceptors (Lipinski definition) is 4. The first-order valence-corrected chi connectivity index (χ1v) is 11.6.